The van der Waals surface area contributed by atoms with Crippen molar-refractivity contribution in [2.24, 2.45) is 0 Å². The maximum atomic E-state index is 12.2. The van der Waals surface area contributed by atoms with Gasteiger partial charge in [0.2, 0.25) is 5.78 Å². The molecular weight excluding hydrogens is 216 g/mol. The number of carbonyl (C=O) groups excluding carboxylic acids is 1. The highest BCUT2D eigenvalue weighted by Crippen LogP contribution is 2.17. The highest BCUT2D eigenvalue weighted by Gasteiger charge is 2.16. The quantitative estimate of drug-likeness (QED) is 0.754. The number of hydrogen-bond donors (Lipinski definition) is 0. The molecule has 0 fully saturated rings. The van der Waals surface area contributed by atoms with E-state index in [0.717, 1.165) is 5.69 Å². The Morgan fingerprint density at radius 2 is 2.06 bits per heavy atom. The van der Waals surface area contributed by atoms with Crippen molar-refractivity contribution >= 4 is 5.78 Å². The van der Waals surface area contributed by atoms with Crippen molar-refractivity contribution in [3.63, 3.8) is 0 Å². The molecule has 0 radical (unpaired) electrons. The van der Waals surface area contributed by atoms with Crippen molar-refractivity contribution in [1.29, 1.82) is 0 Å². The van der Waals surface area contributed by atoms with Crippen molar-refractivity contribution in [1.82, 2.24) is 9.97 Å². The molecule has 2 aromatic heterocycles. The van der Waals surface area contributed by atoms with Crippen LogP contribution in [-0.4, -0.2) is 22.9 Å². The highest BCUT2D eigenvalue weighted by atomic mass is 16.5. The first-order valence-electron chi connectivity index (χ1n) is 5.19. The monoisotopic (exact) mass is 228 g/mol. The standard InChI is InChI=1S/C13H12N2O2/c1-9-5-3-6-10(15-9)13(16)12-11(17-2)7-4-8-14-12/h3-8H,1-2H3. The number of rotatable bonds is 3. The topological polar surface area (TPSA) is 52.1 Å². The summed E-state index contributed by atoms with van der Waals surface area (Å²) in [5.74, 6) is 0.229. The van der Waals surface area contributed by atoms with Crippen LogP contribution in [0.3, 0.4) is 0 Å². The smallest absolute Gasteiger partial charge is 0.233 e. The minimum Gasteiger partial charge on any atom is -0.494 e. The third-order valence-corrected chi connectivity index (χ3v) is 2.33. The van der Waals surface area contributed by atoms with Gasteiger partial charge in [-0.15, -0.1) is 0 Å². The number of pyridine rings is 2. The van der Waals surface area contributed by atoms with Crippen molar-refractivity contribution in [3.8, 4) is 5.75 Å². The number of carbonyl (C=O) groups is 1. The lowest BCUT2D eigenvalue weighted by atomic mass is 10.1. The van der Waals surface area contributed by atoms with Gasteiger partial charge in [0, 0.05) is 11.9 Å². The molecule has 86 valence electrons. The van der Waals surface area contributed by atoms with Crippen LogP contribution in [0.2, 0.25) is 0 Å². The van der Waals surface area contributed by atoms with Gasteiger partial charge < -0.3 is 4.74 Å². The SMILES string of the molecule is COc1cccnc1C(=O)c1cccc(C)n1. The van der Waals surface area contributed by atoms with Gasteiger partial charge in [-0.2, -0.15) is 0 Å². The van der Waals surface area contributed by atoms with Crippen molar-refractivity contribution in [3.05, 3.63) is 53.6 Å². The molecule has 0 atom stereocenters. The molecule has 0 aliphatic carbocycles. The maximum absolute atomic E-state index is 12.2. The molecule has 0 aromatic carbocycles. The molecule has 0 bridgehead atoms. The van der Waals surface area contributed by atoms with E-state index in [9.17, 15) is 4.79 Å². The van der Waals surface area contributed by atoms with Crippen LogP contribution in [0, 0.1) is 6.92 Å². The summed E-state index contributed by atoms with van der Waals surface area (Å²) in [5.41, 5.74) is 1.46. The van der Waals surface area contributed by atoms with Crippen LogP contribution in [0.15, 0.2) is 36.5 Å². The zero-order valence-electron chi connectivity index (χ0n) is 9.68. The van der Waals surface area contributed by atoms with Gasteiger partial charge in [0.1, 0.15) is 11.4 Å². The van der Waals surface area contributed by atoms with Gasteiger partial charge >= 0.3 is 0 Å². The molecule has 17 heavy (non-hydrogen) atoms. The Hall–Kier alpha value is -2.23. The molecule has 2 aromatic rings. The molecule has 0 saturated carbocycles. The summed E-state index contributed by atoms with van der Waals surface area (Å²) < 4.78 is 5.11. The number of hydrogen-bond acceptors (Lipinski definition) is 4. The molecule has 4 nitrogen and oxygen atoms in total. The van der Waals surface area contributed by atoms with E-state index in [-0.39, 0.29) is 11.5 Å². The molecule has 4 heteroatoms. The van der Waals surface area contributed by atoms with Gasteiger partial charge in [0.05, 0.1) is 7.11 Å². The van der Waals surface area contributed by atoms with Crippen LogP contribution in [0.4, 0.5) is 0 Å². The summed E-state index contributed by atoms with van der Waals surface area (Å²) in [5, 5.41) is 0. The lowest BCUT2D eigenvalue weighted by Crippen LogP contribution is -2.08. The minimum atomic E-state index is -0.230. The maximum Gasteiger partial charge on any atom is 0.233 e. The number of nitrogens with zero attached hydrogens (tertiary/aromatic N) is 2. The lowest BCUT2D eigenvalue weighted by Gasteiger charge is -2.05. The van der Waals surface area contributed by atoms with E-state index in [1.54, 1.807) is 30.5 Å². The van der Waals surface area contributed by atoms with Crippen molar-refractivity contribution in [2.45, 2.75) is 6.92 Å². The molecular formula is C13H12N2O2. The van der Waals surface area contributed by atoms with Crippen LogP contribution in [0.5, 0.6) is 5.75 Å². The Morgan fingerprint density at radius 1 is 1.24 bits per heavy atom. The summed E-state index contributed by atoms with van der Waals surface area (Å²) >= 11 is 0. The van der Waals surface area contributed by atoms with E-state index in [1.807, 2.05) is 13.0 Å². The second-order valence-corrected chi connectivity index (χ2v) is 3.55. The van der Waals surface area contributed by atoms with E-state index in [2.05, 4.69) is 9.97 Å². The number of ether oxygens (including phenoxy) is 1. The largest absolute Gasteiger partial charge is 0.494 e. The fourth-order valence-corrected chi connectivity index (χ4v) is 1.52. The summed E-state index contributed by atoms with van der Waals surface area (Å²) in [6.07, 6.45) is 1.56. The van der Waals surface area contributed by atoms with E-state index >= 15 is 0 Å². The molecule has 0 spiro atoms. The third-order valence-electron chi connectivity index (χ3n) is 2.33. The van der Waals surface area contributed by atoms with Gasteiger partial charge in [0.25, 0.3) is 0 Å². The number of methoxy groups -OCH3 is 1. The molecule has 0 aliphatic heterocycles. The van der Waals surface area contributed by atoms with Gasteiger partial charge in [0.15, 0.2) is 5.69 Å². The van der Waals surface area contributed by atoms with Crippen LogP contribution < -0.4 is 4.74 Å². The average Bonchev–Trinajstić information content (AvgIpc) is 2.38. The summed E-state index contributed by atoms with van der Waals surface area (Å²) in [4.78, 5) is 20.4. The molecule has 0 amide bonds. The number of aryl methyl sites for hydroxylation is 1. The zero-order chi connectivity index (χ0) is 12.3. The van der Waals surface area contributed by atoms with Gasteiger partial charge in [-0.1, -0.05) is 6.07 Å². The molecule has 0 aliphatic rings. The van der Waals surface area contributed by atoms with Gasteiger partial charge in [-0.3, -0.25) is 4.79 Å². The number of ketones is 1. The van der Waals surface area contributed by atoms with E-state index in [1.165, 1.54) is 7.11 Å². The first-order chi connectivity index (χ1) is 8.22. The van der Waals surface area contributed by atoms with Crippen LogP contribution in [0.1, 0.15) is 21.9 Å². The number of aromatic nitrogens is 2. The second kappa shape index (κ2) is 4.74. The van der Waals surface area contributed by atoms with Crippen molar-refractivity contribution < 1.29 is 9.53 Å². The lowest BCUT2D eigenvalue weighted by molar-refractivity contribution is 0.102. The predicted molar refractivity (Wildman–Crippen MR) is 63.2 cm³/mol. The average molecular weight is 228 g/mol. The highest BCUT2D eigenvalue weighted by molar-refractivity contribution is 6.08. The normalized spacial score (nSPS) is 10.0. The summed E-state index contributed by atoms with van der Waals surface area (Å²) in [7, 11) is 1.51. The third kappa shape index (κ3) is 2.30. The van der Waals surface area contributed by atoms with Crippen LogP contribution >= 0.6 is 0 Å². The van der Waals surface area contributed by atoms with Gasteiger partial charge in [-0.25, -0.2) is 9.97 Å². The van der Waals surface area contributed by atoms with Gasteiger partial charge in [-0.05, 0) is 31.2 Å². The fraction of sp³-hybridized carbons (Fsp3) is 0.154. The minimum absolute atomic E-state index is 0.230. The predicted octanol–water partition coefficient (Wildman–Crippen LogP) is 2.02. The fourth-order valence-electron chi connectivity index (χ4n) is 1.52. The Labute approximate surface area is 99.3 Å². The molecule has 2 rings (SSSR count). The Balaban J connectivity index is 2.44. The summed E-state index contributed by atoms with van der Waals surface area (Å²) in [6.45, 7) is 1.84. The molecule has 0 N–H and O–H groups in total. The first-order valence-corrected chi connectivity index (χ1v) is 5.19. The zero-order valence-corrected chi connectivity index (χ0v) is 9.68. The molecule has 0 unspecified atom stereocenters. The second-order valence-electron chi connectivity index (χ2n) is 3.55. The van der Waals surface area contributed by atoms with E-state index in [0.29, 0.717) is 11.4 Å². The van der Waals surface area contributed by atoms with Crippen molar-refractivity contribution in [2.75, 3.05) is 7.11 Å². The van der Waals surface area contributed by atoms with Crippen LogP contribution in [0.25, 0.3) is 0 Å². The molecule has 2 heterocycles. The Morgan fingerprint density at radius 3 is 2.76 bits per heavy atom. The Kier molecular flexibility index (Phi) is 3.14. The Bertz CT molecular complexity index is 553. The van der Waals surface area contributed by atoms with Crippen LogP contribution in [-0.2, 0) is 0 Å². The summed E-state index contributed by atoms with van der Waals surface area (Å²) in [6, 6.07) is 8.73. The van der Waals surface area contributed by atoms with E-state index < -0.39 is 0 Å². The molecule has 0 saturated heterocycles. The van der Waals surface area contributed by atoms with E-state index in [4.69, 9.17) is 4.74 Å². The first kappa shape index (κ1) is 11.3.